The lowest BCUT2D eigenvalue weighted by Crippen LogP contribution is -2.18. The van der Waals surface area contributed by atoms with Crippen molar-refractivity contribution in [1.29, 1.82) is 0 Å². The van der Waals surface area contributed by atoms with Gasteiger partial charge in [0.05, 0.1) is 11.1 Å². The zero-order valence-electron chi connectivity index (χ0n) is 17.1. The third-order valence-electron chi connectivity index (χ3n) is 5.02. The molecule has 0 spiro atoms. The summed E-state index contributed by atoms with van der Waals surface area (Å²) in [5, 5.41) is 20.0. The van der Waals surface area contributed by atoms with Gasteiger partial charge < -0.3 is 15.1 Å². The Bertz CT molecular complexity index is 1060. The molecule has 154 valence electrons. The largest absolute Gasteiger partial charge is 0.507 e. The van der Waals surface area contributed by atoms with E-state index in [4.69, 9.17) is 0 Å². The second-order valence-electron chi connectivity index (χ2n) is 7.22. The van der Waals surface area contributed by atoms with Crippen LogP contribution in [0.1, 0.15) is 51.6 Å². The number of hydrogen-bond donors (Lipinski definition) is 2. The molecule has 2 N–H and O–H groups in total. The standard InChI is InChI=1S/C25H25NO4/c1-3-4-15-26(18-11-9-17(2)10-12-18)19-13-14-22(23(27)16-19)24(28)20-7-5-6-8-21(20)25(29)30/h5-14,16,27H,3-4,15H2,1-2H3,(H,29,30). The Hall–Kier alpha value is -3.60. The number of anilines is 2. The van der Waals surface area contributed by atoms with Gasteiger partial charge in [-0.1, -0.05) is 49.2 Å². The van der Waals surface area contributed by atoms with Crippen molar-refractivity contribution < 1.29 is 19.8 Å². The number of nitrogens with zero attached hydrogens (tertiary/aromatic N) is 1. The van der Waals surface area contributed by atoms with Crippen molar-refractivity contribution in [2.24, 2.45) is 0 Å². The fourth-order valence-corrected chi connectivity index (χ4v) is 3.34. The highest BCUT2D eigenvalue weighted by Crippen LogP contribution is 2.32. The van der Waals surface area contributed by atoms with E-state index in [0.29, 0.717) is 0 Å². The Morgan fingerprint density at radius 2 is 1.50 bits per heavy atom. The number of carbonyl (C=O) groups excluding carboxylic acids is 1. The molecule has 0 aromatic heterocycles. The number of benzene rings is 3. The SMILES string of the molecule is CCCCN(c1ccc(C)cc1)c1ccc(C(=O)c2ccccc2C(=O)O)c(O)c1. The van der Waals surface area contributed by atoms with Gasteiger partial charge in [-0.3, -0.25) is 4.79 Å². The van der Waals surface area contributed by atoms with E-state index in [2.05, 4.69) is 11.8 Å². The Morgan fingerprint density at radius 3 is 2.10 bits per heavy atom. The molecule has 3 aromatic rings. The van der Waals surface area contributed by atoms with E-state index in [1.165, 1.54) is 12.1 Å². The number of ketones is 1. The van der Waals surface area contributed by atoms with E-state index >= 15 is 0 Å². The van der Waals surface area contributed by atoms with Crippen LogP contribution in [0.4, 0.5) is 11.4 Å². The predicted octanol–water partition coefficient (Wildman–Crippen LogP) is 5.57. The van der Waals surface area contributed by atoms with Gasteiger partial charge in [-0.2, -0.15) is 0 Å². The van der Waals surface area contributed by atoms with Gasteiger partial charge in [-0.15, -0.1) is 0 Å². The van der Waals surface area contributed by atoms with Crippen LogP contribution in [0.2, 0.25) is 0 Å². The summed E-state index contributed by atoms with van der Waals surface area (Å²) < 4.78 is 0. The van der Waals surface area contributed by atoms with Crippen molar-refractivity contribution in [2.75, 3.05) is 11.4 Å². The first-order valence-electron chi connectivity index (χ1n) is 9.96. The van der Waals surface area contributed by atoms with E-state index < -0.39 is 11.8 Å². The molecule has 0 unspecified atom stereocenters. The average Bonchev–Trinajstić information content (AvgIpc) is 2.75. The van der Waals surface area contributed by atoms with Gasteiger partial charge in [0.25, 0.3) is 0 Å². The Balaban J connectivity index is 1.97. The first-order valence-corrected chi connectivity index (χ1v) is 9.96. The molecule has 0 heterocycles. The van der Waals surface area contributed by atoms with Crippen LogP contribution in [-0.2, 0) is 0 Å². The van der Waals surface area contributed by atoms with Gasteiger partial charge in [0.1, 0.15) is 5.75 Å². The maximum absolute atomic E-state index is 12.9. The number of rotatable bonds is 8. The summed E-state index contributed by atoms with van der Waals surface area (Å²) in [7, 11) is 0. The number of aromatic carboxylic acids is 1. The molecule has 0 amide bonds. The third-order valence-corrected chi connectivity index (χ3v) is 5.02. The molecular formula is C25H25NO4. The monoisotopic (exact) mass is 403 g/mol. The molecule has 5 nitrogen and oxygen atoms in total. The molecule has 0 aliphatic heterocycles. The van der Waals surface area contributed by atoms with Crippen molar-refractivity contribution in [3.05, 3.63) is 89.0 Å². The minimum absolute atomic E-state index is 0.0504. The Kier molecular flexibility index (Phi) is 6.52. The summed E-state index contributed by atoms with van der Waals surface area (Å²) >= 11 is 0. The van der Waals surface area contributed by atoms with Crippen molar-refractivity contribution in [3.63, 3.8) is 0 Å². The quantitative estimate of drug-likeness (QED) is 0.481. The maximum Gasteiger partial charge on any atom is 0.336 e. The van der Waals surface area contributed by atoms with E-state index in [-0.39, 0.29) is 22.4 Å². The summed E-state index contributed by atoms with van der Waals surface area (Å²) in [6.07, 6.45) is 2.00. The number of carboxylic acid groups (broad SMARTS) is 1. The van der Waals surface area contributed by atoms with Crippen LogP contribution in [0, 0.1) is 6.92 Å². The number of phenols is 1. The normalized spacial score (nSPS) is 10.6. The lowest BCUT2D eigenvalue weighted by Gasteiger charge is -2.25. The second kappa shape index (κ2) is 9.27. The van der Waals surface area contributed by atoms with Crippen molar-refractivity contribution in [3.8, 4) is 5.75 Å². The predicted molar refractivity (Wildman–Crippen MR) is 118 cm³/mol. The fourth-order valence-electron chi connectivity index (χ4n) is 3.34. The molecule has 0 fully saturated rings. The van der Waals surface area contributed by atoms with E-state index in [1.54, 1.807) is 30.3 Å². The average molecular weight is 403 g/mol. The molecule has 0 aliphatic carbocycles. The molecule has 0 atom stereocenters. The molecule has 5 heteroatoms. The topological polar surface area (TPSA) is 77.8 Å². The highest BCUT2D eigenvalue weighted by Gasteiger charge is 2.21. The van der Waals surface area contributed by atoms with Crippen molar-refractivity contribution in [1.82, 2.24) is 0 Å². The first-order chi connectivity index (χ1) is 14.4. The zero-order chi connectivity index (χ0) is 21.7. The lowest BCUT2D eigenvalue weighted by atomic mass is 9.97. The van der Waals surface area contributed by atoms with Gasteiger partial charge in [-0.25, -0.2) is 4.79 Å². The Morgan fingerprint density at radius 1 is 0.867 bits per heavy atom. The van der Waals surface area contributed by atoms with Crippen molar-refractivity contribution in [2.45, 2.75) is 26.7 Å². The van der Waals surface area contributed by atoms with Gasteiger partial charge in [0.2, 0.25) is 0 Å². The molecule has 0 saturated heterocycles. The molecule has 0 aliphatic rings. The van der Waals surface area contributed by atoms with Crippen LogP contribution in [0.15, 0.2) is 66.7 Å². The molecular weight excluding hydrogens is 378 g/mol. The van der Waals surface area contributed by atoms with E-state index in [0.717, 1.165) is 36.3 Å². The minimum Gasteiger partial charge on any atom is -0.507 e. The highest BCUT2D eigenvalue weighted by molar-refractivity contribution is 6.15. The smallest absolute Gasteiger partial charge is 0.336 e. The zero-order valence-corrected chi connectivity index (χ0v) is 17.1. The summed E-state index contributed by atoms with van der Waals surface area (Å²) in [6.45, 7) is 4.92. The highest BCUT2D eigenvalue weighted by atomic mass is 16.4. The van der Waals surface area contributed by atoms with Gasteiger partial charge in [0.15, 0.2) is 5.78 Å². The molecule has 0 saturated carbocycles. The third kappa shape index (κ3) is 4.51. The summed E-state index contributed by atoms with van der Waals surface area (Å²) in [5.41, 5.74) is 2.98. The second-order valence-corrected chi connectivity index (χ2v) is 7.22. The Labute approximate surface area is 176 Å². The van der Waals surface area contributed by atoms with Crippen LogP contribution < -0.4 is 4.90 Å². The number of aryl methyl sites for hydroxylation is 1. The lowest BCUT2D eigenvalue weighted by molar-refractivity contribution is 0.0692. The molecule has 3 rings (SSSR count). The summed E-state index contributed by atoms with van der Waals surface area (Å²) in [4.78, 5) is 26.5. The number of hydrogen-bond acceptors (Lipinski definition) is 4. The number of carbonyl (C=O) groups is 2. The van der Waals surface area contributed by atoms with Crippen molar-refractivity contribution >= 4 is 23.1 Å². The number of unbranched alkanes of at least 4 members (excludes halogenated alkanes) is 1. The maximum atomic E-state index is 12.9. The van der Waals surface area contributed by atoms with Crippen LogP contribution in [0.5, 0.6) is 5.75 Å². The molecule has 30 heavy (non-hydrogen) atoms. The molecule has 3 aromatic carbocycles. The molecule has 0 radical (unpaired) electrons. The van der Waals surface area contributed by atoms with Gasteiger partial charge in [-0.05, 0) is 43.7 Å². The van der Waals surface area contributed by atoms with Gasteiger partial charge in [0, 0.05) is 29.5 Å². The summed E-state index contributed by atoms with van der Waals surface area (Å²) in [6, 6.07) is 19.0. The minimum atomic E-state index is -1.18. The van der Waals surface area contributed by atoms with Gasteiger partial charge >= 0.3 is 5.97 Å². The molecule has 0 bridgehead atoms. The van der Waals surface area contributed by atoms with E-state index in [1.807, 2.05) is 31.2 Å². The summed E-state index contributed by atoms with van der Waals surface area (Å²) in [5.74, 6) is -1.88. The fraction of sp³-hybridized carbons (Fsp3) is 0.200. The van der Waals surface area contributed by atoms with Crippen LogP contribution >= 0.6 is 0 Å². The first kappa shape index (κ1) is 21.1. The van der Waals surface area contributed by atoms with E-state index in [9.17, 15) is 19.8 Å². The van der Waals surface area contributed by atoms with Crippen LogP contribution in [-0.4, -0.2) is 28.5 Å². The number of phenolic OH excluding ortho intramolecular Hbond substituents is 1. The number of aromatic hydroxyl groups is 1. The van der Waals surface area contributed by atoms with Crippen LogP contribution in [0.25, 0.3) is 0 Å². The number of carboxylic acids is 1. The van der Waals surface area contributed by atoms with Crippen LogP contribution in [0.3, 0.4) is 0 Å².